The molecule has 4 aromatic rings. The van der Waals surface area contributed by atoms with Crippen molar-refractivity contribution in [2.75, 3.05) is 10.6 Å². The first kappa shape index (κ1) is 16.4. The van der Waals surface area contributed by atoms with Crippen LogP contribution < -0.4 is 10.6 Å². The van der Waals surface area contributed by atoms with Crippen molar-refractivity contribution in [1.82, 2.24) is 14.8 Å². The maximum absolute atomic E-state index is 13.2. The van der Waals surface area contributed by atoms with Crippen LogP contribution in [0.3, 0.4) is 0 Å². The molecular formula is C21H15N5O2S. The molecule has 8 heteroatoms. The van der Waals surface area contributed by atoms with E-state index in [1.165, 1.54) is 11.3 Å². The lowest BCUT2D eigenvalue weighted by molar-refractivity contribution is -0.125. The zero-order chi connectivity index (χ0) is 19.8. The number of rotatable bonds is 1. The summed E-state index contributed by atoms with van der Waals surface area (Å²) in [6.07, 6.45) is 1.73. The zero-order valence-electron chi connectivity index (χ0n) is 15.4. The van der Waals surface area contributed by atoms with E-state index in [0.717, 1.165) is 27.0 Å². The van der Waals surface area contributed by atoms with Crippen molar-refractivity contribution in [1.29, 1.82) is 0 Å². The number of anilines is 2. The Balaban J connectivity index is 1.60. The fourth-order valence-electron chi connectivity index (χ4n) is 4.30. The molecule has 2 N–H and O–H groups in total. The first-order valence-electron chi connectivity index (χ1n) is 9.23. The summed E-state index contributed by atoms with van der Waals surface area (Å²) >= 11 is 1.49. The van der Waals surface area contributed by atoms with E-state index in [-0.39, 0.29) is 18.2 Å². The molecule has 0 aliphatic carbocycles. The Labute approximate surface area is 169 Å². The predicted octanol–water partition coefficient (Wildman–Crippen LogP) is 3.37. The van der Waals surface area contributed by atoms with Crippen molar-refractivity contribution in [2.24, 2.45) is 0 Å². The van der Waals surface area contributed by atoms with Gasteiger partial charge in [-0.3, -0.25) is 9.59 Å². The summed E-state index contributed by atoms with van der Waals surface area (Å²) in [5.41, 5.74) is 3.09. The number of amides is 2. The van der Waals surface area contributed by atoms with Gasteiger partial charge in [-0.15, -0.1) is 0 Å². The van der Waals surface area contributed by atoms with Gasteiger partial charge in [-0.1, -0.05) is 41.2 Å². The molecule has 0 bridgehead atoms. The highest BCUT2D eigenvalue weighted by molar-refractivity contribution is 7.20. The SMILES string of the molecule is Cc1ccc2c(c1)[C@]1(CC(=O)Nc3c1cnn3-c1nc3ccccc3s1)C(=O)N2. The summed E-state index contributed by atoms with van der Waals surface area (Å²) in [5.74, 6) is 0.0905. The summed E-state index contributed by atoms with van der Waals surface area (Å²) < 4.78 is 2.66. The van der Waals surface area contributed by atoms with Crippen LogP contribution in [0.25, 0.3) is 15.3 Å². The molecule has 29 heavy (non-hydrogen) atoms. The van der Waals surface area contributed by atoms with Crippen molar-refractivity contribution in [3.8, 4) is 5.13 Å². The molecule has 0 saturated heterocycles. The lowest BCUT2D eigenvalue weighted by Crippen LogP contribution is -2.43. The van der Waals surface area contributed by atoms with Gasteiger partial charge in [0, 0.05) is 17.7 Å². The van der Waals surface area contributed by atoms with E-state index >= 15 is 0 Å². The smallest absolute Gasteiger partial charge is 0.240 e. The molecule has 1 spiro atoms. The third kappa shape index (κ3) is 2.11. The summed E-state index contributed by atoms with van der Waals surface area (Å²) in [5, 5.41) is 11.0. The number of para-hydroxylation sites is 1. The topological polar surface area (TPSA) is 88.9 Å². The molecule has 0 radical (unpaired) electrons. The van der Waals surface area contributed by atoms with Crippen LogP contribution in [-0.4, -0.2) is 26.6 Å². The molecule has 2 aliphatic rings. The number of nitrogens with one attached hydrogen (secondary N) is 2. The van der Waals surface area contributed by atoms with E-state index in [1.807, 2.05) is 49.4 Å². The fourth-order valence-corrected chi connectivity index (χ4v) is 5.23. The molecule has 0 fully saturated rings. The van der Waals surface area contributed by atoms with Crippen LogP contribution in [-0.2, 0) is 15.0 Å². The van der Waals surface area contributed by atoms with E-state index in [2.05, 4.69) is 20.7 Å². The van der Waals surface area contributed by atoms with Crippen molar-refractivity contribution < 1.29 is 9.59 Å². The predicted molar refractivity (Wildman–Crippen MR) is 111 cm³/mol. The van der Waals surface area contributed by atoms with Crippen molar-refractivity contribution >= 4 is 44.9 Å². The number of hydrogen-bond donors (Lipinski definition) is 2. The van der Waals surface area contributed by atoms with E-state index < -0.39 is 5.41 Å². The molecule has 2 amide bonds. The standard InChI is InChI=1S/C21H15N5O2S/c1-11-6-7-14-12(8-11)21(19(28)23-14)9-17(27)25-18-13(21)10-22-26(18)20-24-15-4-2-3-5-16(15)29-20/h2-8,10H,9H2,1H3,(H,23,28)(H,25,27)/t21-/m0/s1. The van der Waals surface area contributed by atoms with Gasteiger partial charge in [-0.05, 0) is 30.7 Å². The van der Waals surface area contributed by atoms with E-state index in [1.54, 1.807) is 10.9 Å². The Morgan fingerprint density at radius 3 is 2.83 bits per heavy atom. The summed E-state index contributed by atoms with van der Waals surface area (Å²) in [6, 6.07) is 13.6. The van der Waals surface area contributed by atoms with Crippen LogP contribution in [0.4, 0.5) is 11.5 Å². The van der Waals surface area contributed by atoms with Crippen LogP contribution in [0, 0.1) is 6.92 Å². The van der Waals surface area contributed by atoms with E-state index in [9.17, 15) is 9.59 Å². The highest BCUT2D eigenvalue weighted by Gasteiger charge is 2.54. The Morgan fingerprint density at radius 1 is 1.10 bits per heavy atom. The minimum absolute atomic E-state index is 0.0494. The number of carbonyl (C=O) groups is 2. The fraction of sp³-hybridized carbons (Fsp3) is 0.143. The van der Waals surface area contributed by atoms with Crippen LogP contribution in [0.5, 0.6) is 0 Å². The molecule has 1 atom stereocenters. The lowest BCUT2D eigenvalue weighted by Gasteiger charge is -2.31. The second-order valence-electron chi connectivity index (χ2n) is 7.42. The lowest BCUT2D eigenvalue weighted by atomic mass is 9.71. The Morgan fingerprint density at radius 2 is 1.97 bits per heavy atom. The highest BCUT2D eigenvalue weighted by atomic mass is 32.1. The van der Waals surface area contributed by atoms with Crippen LogP contribution in [0.15, 0.2) is 48.7 Å². The third-order valence-corrected chi connectivity index (χ3v) is 6.66. The summed E-state index contributed by atoms with van der Waals surface area (Å²) in [7, 11) is 0. The first-order chi connectivity index (χ1) is 14.1. The average molecular weight is 401 g/mol. The highest BCUT2D eigenvalue weighted by Crippen LogP contribution is 2.50. The van der Waals surface area contributed by atoms with Gasteiger partial charge in [0.15, 0.2) is 0 Å². The van der Waals surface area contributed by atoms with Gasteiger partial charge in [0.25, 0.3) is 0 Å². The molecular weight excluding hydrogens is 386 g/mol. The second-order valence-corrected chi connectivity index (χ2v) is 8.43. The van der Waals surface area contributed by atoms with Gasteiger partial charge in [-0.2, -0.15) is 9.78 Å². The van der Waals surface area contributed by atoms with Gasteiger partial charge in [0.05, 0.1) is 16.4 Å². The maximum Gasteiger partial charge on any atom is 0.240 e. The normalized spacial score (nSPS) is 19.9. The van der Waals surface area contributed by atoms with Crippen LogP contribution >= 0.6 is 11.3 Å². The van der Waals surface area contributed by atoms with Gasteiger partial charge in [-0.25, -0.2) is 4.98 Å². The molecule has 0 saturated carbocycles. The molecule has 2 aromatic heterocycles. The van der Waals surface area contributed by atoms with Crippen LogP contribution in [0.2, 0.25) is 0 Å². The van der Waals surface area contributed by atoms with Crippen molar-refractivity contribution in [2.45, 2.75) is 18.8 Å². The third-order valence-electron chi connectivity index (χ3n) is 5.65. The monoisotopic (exact) mass is 401 g/mol. The minimum Gasteiger partial charge on any atom is -0.325 e. The second kappa shape index (κ2) is 5.51. The molecule has 7 nitrogen and oxygen atoms in total. The number of hydrogen-bond acceptors (Lipinski definition) is 5. The number of aromatic nitrogens is 3. The number of carbonyl (C=O) groups excluding carboxylic acids is 2. The van der Waals surface area contributed by atoms with Crippen molar-refractivity contribution in [3.05, 3.63) is 65.4 Å². The molecule has 2 aromatic carbocycles. The first-order valence-corrected chi connectivity index (χ1v) is 10.0. The van der Waals surface area contributed by atoms with Gasteiger partial charge < -0.3 is 10.6 Å². The average Bonchev–Trinajstić information content (AvgIpc) is 3.37. The largest absolute Gasteiger partial charge is 0.325 e. The Kier molecular flexibility index (Phi) is 3.12. The van der Waals surface area contributed by atoms with Crippen molar-refractivity contribution in [3.63, 3.8) is 0 Å². The molecule has 6 rings (SSSR count). The van der Waals surface area contributed by atoms with E-state index in [0.29, 0.717) is 16.5 Å². The zero-order valence-corrected chi connectivity index (χ0v) is 16.2. The molecule has 2 aliphatic heterocycles. The van der Waals surface area contributed by atoms with Crippen LogP contribution in [0.1, 0.15) is 23.1 Å². The number of nitrogens with zero attached hydrogens (tertiary/aromatic N) is 3. The van der Waals surface area contributed by atoms with Gasteiger partial charge in [0.1, 0.15) is 11.2 Å². The molecule has 142 valence electrons. The number of fused-ring (bicyclic) bond motifs is 5. The number of benzene rings is 2. The molecule has 0 unspecified atom stereocenters. The van der Waals surface area contributed by atoms with Gasteiger partial charge in [0.2, 0.25) is 16.9 Å². The Hall–Kier alpha value is -3.52. The number of thiazole rings is 1. The minimum atomic E-state index is -1.08. The molecule has 4 heterocycles. The summed E-state index contributed by atoms with van der Waals surface area (Å²) in [6.45, 7) is 1.98. The van der Waals surface area contributed by atoms with Gasteiger partial charge >= 0.3 is 0 Å². The Bertz CT molecular complexity index is 1320. The number of aryl methyl sites for hydroxylation is 1. The summed E-state index contributed by atoms with van der Waals surface area (Å²) in [4.78, 5) is 30.6. The maximum atomic E-state index is 13.2. The quantitative estimate of drug-likeness (QED) is 0.512. The van der Waals surface area contributed by atoms with E-state index in [4.69, 9.17) is 0 Å².